The zero-order chi connectivity index (χ0) is 15.5. The zero-order valence-corrected chi connectivity index (χ0v) is 14.3. The Morgan fingerprint density at radius 2 is 1.62 bits per heavy atom. The highest BCUT2D eigenvalue weighted by Crippen LogP contribution is 2.33. The molecule has 1 N–H and O–H groups in total. The molecule has 0 saturated carbocycles. The molecule has 0 atom stereocenters. The Balaban J connectivity index is 2.53. The van der Waals surface area contributed by atoms with Gasteiger partial charge >= 0.3 is 0 Å². The van der Waals surface area contributed by atoms with Crippen LogP contribution >= 0.6 is 11.8 Å². The van der Waals surface area contributed by atoms with Crippen LogP contribution < -0.4 is 19.5 Å². The zero-order valence-electron chi connectivity index (χ0n) is 13.5. The Morgan fingerprint density at radius 3 is 2.14 bits per heavy atom. The SMILES string of the molecule is COc1cc(OC)c(CNCCCCCSC)c(OC)c1. The van der Waals surface area contributed by atoms with Crippen molar-refractivity contribution in [1.82, 2.24) is 5.32 Å². The van der Waals surface area contributed by atoms with Gasteiger partial charge in [-0.2, -0.15) is 11.8 Å². The Bertz CT molecular complexity index is 388. The lowest BCUT2D eigenvalue weighted by atomic mass is 10.1. The van der Waals surface area contributed by atoms with Crippen LogP contribution in [-0.4, -0.2) is 39.9 Å². The molecule has 0 fully saturated rings. The van der Waals surface area contributed by atoms with Gasteiger partial charge < -0.3 is 19.5 Å². The third-order valence-electron chi connectivity index (χ3n) is 3.32. The van der Waals surface area contributed by atoms with Gasteiger partial charge in [-0.05, 0) is 31.4 Å². The number of methoxy groups -OCH3 is 3. The van der Waals surface area contributed by atoms with Crippen LogP contribution in [-0.2, 0) is 6.54 Å². The average molecular weight is 313 g/mol. The summed E-state index contributed by atoms with van der Waals surface area (Å²) in [7, 11) is 4.97. The van der Waals surface area contributed by atoms with Crippen LogP contribution in [0.5, 0.6) is 17.2 Å². The second-order valence-corrected chi connectivity index (χ2v) is 5.73. The van der Waals surface area contributed by atoms with Gasteiger partial charge in [0, 0.05) is 18.7 Å². The molecule has 0 aliphatic rings. The third-order valence-corrected chi connectivity index (χ3v) is 4.02. The minimum Gasteiger partial charge on any atom is -0.496 e. The van der Waals surface area contributed by atoms with Crippen molar-refractivity contribution in [2.75, 3.05) is 39.9 Å². The van der Waals surface area contributed by atoms with Crippen LogP contribution in [0.3, 0.4) is 0 Å². The van der Waals surface area contributed by atoms with Gasteiger partial charge in [-0.15, -0.1) is 0 Å². The summed E-state index contributed by atoms with van der Waals surface area (Å²) in [4.78, 5) is 0. The second-order valence-electron chi connectivity index (χ2n) is 4.74. The molecule has 1 aromatic carbocycles. The number of nitrogens with one attached hydrogen (secondary N) is 1. The largest absolute Gasteiger partial charge is 0.496 e. The van der Waals surface area contributed by atoms with E-state index in [1.54, 1.807) is 21.3 Å². The lowest BCUT2D eigenvalue weighted by Crippen LogP contribution is -2.16. The van der Waals surface area contributed by atoms with Crippen molar-refractivity contribution in [2.45, 2.75) is 25.8 Å². The molecule has 0 bridgehead atoms. The second kappa shape index (κ2) is 10.6. The number of benzene rings is 1. The van der Waals surface area contributed by atoms with E-state index in [1.165, 1.54) is 25.0 Å². The Morgan fingerprint density at radius 1 is 0.952 bits per heavy atom. The van der Waals surface area contributed by atoms with Gasteiger partial charge in [-0.1, -0.05) is 6.42 Å². The van der Waals surface area contributed by atoms with Crippen molar-refractivity contribution in [1.29, 1.82) is 0 Å². The van der Waals surface area contributed by atoms with Gasteiger partial charge in [-0.3, -0.25) is 0 Å². The fourth-order valence-electron chi connectivity index (χ4n) is 2.14. The molecule has 0 aliphatic heterocycles. The Hall–Kier alpha value is -1.07. The maximum atomic E-state index is 5.44. The minimum atomic E-state index is 0.735. The molecule has 0 saturated heterocycles. The van der Waals surface area contributed by atoms with E-state index in [1.807, 2.05) is 23.9 Å². The highest BCUT2D eigenvalue weighted by atomic mass is 32.2. The van der Waals surface area contributed by atoms with Gasteiger partial charge in [0.2, 0.25) is 0 Å². The van der Waals surface area contributed by atoms with Crippen molar-refractivity contribution in [2.24, 2.45) is 0 Å². The van der Waals surface area contributed by atoms with E-state index >= 15 is 0 Å². The number of ether oxygens (including phenoxy) is 3. The monoisotopic (exact) mass is 313 g/mol. The number of thioether (sulfide) groups is 1. The molecular formula is C16H27NO3S. The maximum Gasteiger partial charge on any atom is 0.130 e. The lowest BCUT2D eigenvalue weighted by molar-refractivity contribution is 0.366. The van der Waals surface area contributed by atoms with Gasteiger partial charge in [0.05, 0.1) is 26.9 Å². The first-order valence-corrected chi connectivity index (χ1v) is 8.64. The summed E-state index contributed by atoms with van der Waals surface area (Å²) in [6.45, 7) is 1.74. The summed E-state index contributed by atoms with van der Waals surface area (Å²) in [5, 5.41) is 3.46. The smallest absolute Gasteiger partial charge is 0.130 e. The quantitative estimate of drug-likeness (QED) is 0.635. The standard InChI is InChI=1S/C16H27NO3S/c1-18-13-10-15(19-2)14(16(11-13)20-3)12-17-8-6-5-7-9-21-4/h10-11,17H,5-9,12H2,1-4H3. The summed E-state index contributed by atoms with van der Waals surface area (Å²) in [5.74, 6) is 3.58. The van der Waals surface area contributed by atoms with E-state index in [4.69, 9.17) is 14.2 Å². The highest BCUT2D eigenvalue weighted by Gasteiger charge is 2.12. The molecule has 5 heteroatoms. The topological polar surface area (TPSA) is 39.7 Å². The summed E-state index contributed by atoms with van der Waals surface area (Å²) in [6, 6.07) is 3.77. The molecule has 0 aliphatic carbocycles. The highest BCUT2D eigenvalue weighted by molar-refractivity contribution is 7.98. The molecule has 0 amide bonds. The number of hydrogen-bond donors (Lipinski definition) is 1. The molecule has 1 aromatic rings. The fourth-order valence-corrected chi connectivity index (χ4v) is 2.63. The van der Waals surface area contributed by atoms with Crippen LogP contribution in [0.2, 0.25) is 0 Å². The van der Waals surface area contributed by atoms with Crippen LogP contribution in [0.15, 0.2) is 12.1 Å². The third kappa shape index (κ3) is 6.06. The lowest BCUT2D eigenvalue weighted by Gasteiger charge is -2.15. The maximum absolute atomic E-state index is 5.44. The molecule has 0 heterocycles. The normalized spacial score (nSPS) is 10.5. The molecule has 4 nitrogen and oxygen atoms in total. The molecule has 0 spiro atoms. The molecule has 21 heavy (non-hydrogen) atoms. The molecule has 0 aromatic heterocycles. The fraction of sp³-hybridized carbons (Fsp3) is 0.625. The summed E-state index contributed by atoms with van der Waals surface area (Å²) >= 11 is 1.91. The first kappa shape index (κ1) is 18.0. The Kier molecular flexibility index (Phi) is 9.10. The van der Waals surface area contributed by atoms with E-state index in [9.17, 15) is 0 Å². The summed E-state index contributed by atoms with van der Waals surface area (Å²) in [6.07, 6.45) is 5.91. The number of hydrogen-bond acceptors (Lipinski definition) is 5. The minimum absolute atomic E-state index is 0.735. The van der Waals surface area contributed by atoms with Gasteiger partial charge in [0.15, 0.2) is 0 Å². The molecule has 120 valence electrons. The van der Waals surface area contributed by atoms with Crippen molar-refractivity contribution in [3.8, 4) is 17.2 Å². The van der Waals surface area contributed by atoms with Gasteiger partial charge in [0.1, 0.15) is 17.2 Å². The van der Waals surface area contributed by atoms with Crippen LogP contribution in [0.25, 0.3) is 0 Å². The van der Waals surface area contributed by atoms with Gasteiger partial charge in [-0.25, -0.2) is 0 Å². The predicted molar refractivity (Wildman–Crippen MR) is 90.0 cm³/mol. The Labute approximate surface area is 132 Å². The van der Waals surface area contributed by atoms with E-state index < -0.39 is 0 Å². The first-order valence-electron chi connectivity index (χ1n) is 7.25. The summed E-state index contributed by atoms with van der Waals surface area (Å²) < 4.78 is 16.1. The van der Waals surface area contributed by atoms with E-state index in [0.717, 1.165) is 35.9 Å². The van der Waals surface area contributed by atoms with E-state index in [-0.39, 0.29) is 0 Å². The van der Waals surface area contributed by atoms with Crippen LogP contribution in [0.1, 0.15) is 24.8 Å². The van der Waals surface area contributed by atoms with Crippen molar-refractivity contribution < 1.29 is 14.2 Å². The van der Waals surface area contributed by atoms with Gasteiger partial charge in [0.25, 0.3) is 0 Å². The summed E-state index contributed by atoms with van der Waals surface area (Å²) in [5.41, 5.74) is 1.03. The van der Waals surface area contributed by atoms with Crippen LogP contribution in [0, 0.1) is 0 Å². The predicted octanol–water partition coefficient (Wildman–Crippen LogP) is 3.34. The molecule has 0 unspecified atom stereocenters. The first-order chi connectivity index (χ1) is 10.3. The van der Waals surface area contributed by atoms with Crippen LogP contribution in [0.4, 0.5) is 0 Å². The molecule has 0 radical (unpaired) electrons. The molecule has 1 rings (SSSR count). The average Bonchev–Trinajstić information content (AvgIpc) is 2.53. The number of rotatable bonds is 11. The van der Waals surface area contributed by atoms with E-state index in [0.29, 0.717) is 0 Å². The van der Waals surface area contributed by atoms with Crippen molar-refractivity contribution >= 4 is 11.8 Å². The van der Waals surface area contributed by atoms with E-state index in [2.05, 4.69) is 11.6 Å². The number of unbranched alkanes of at least 4 members (excludes halogenated alkanes) is 2. The van der Waals surface area contributed by atoms with Crippen molar-refractivity contribution in [3.05, 3.63) is 17.7 Å². The van der Waals surface area contributed by atoms with Crippen molar-refractivity contribution in [3.63, 3.8) is 0 Å². The molecular weight excluding hydrogens is 286 g/mol.